The lowest BCUT2D eigenvalue weighted by molar-refractivity contribution is -0.140. The molecule has 0 unspecified atom stereocenters. The maximum Gasteiger partial charge on any atom is 0.305 e. The Morgan fingerprint density at radius 3 is 2.67 bits per heavy atom. The van der Waals surface area contributed by atoms with Gasteiger partial charge in [-0.15, -0.1) is 0 Å². The number of nitrogens with zero attached hydrogens (tertiary/aromatic N) is 1. The van der Waals surface area contributed by atoms with Crippen LogP contribution >= 0.6 is 0 Å². The monoisotopic (exact) mass is 331 g/mol. The second kappa shape index (κ2) is 8.29. The van der Waals surface area contributed by atoms with Crippen LogP contribution in [0.3, 0.4) is 0 Å². The molecule has 0 atom stereocenters. The molecular formula is C18H21NO5. The predicted octanol–water partition coefficient (Wildman–Crippen LogP) is 3.29. The summed E-state index contributed by atoms with van der Waals surface area (Å²) in [4.78, 5) is 28.0. The van der Waals surface area contributed by atoms with E-state index in [0.717, 1.165) is 0 Å². The van der Waals surface area contributed by atoms with Crippen LogP contribution in [0.4, 0.5) is 5.69 Å². The van der Waals surface area contributed by atoms with E-state index in [-0.39, 0.29) is 30.0 Å². The fourth-order valence-electron chi connectivity index (χ4n) is 2.58. The molecule has 0 aromatic heterocycles. The highest BCUT2D eigenvalue weighted by Gasteiger charge is 2.26. The number of aliphatic imine (C=N–C) groups is 1. The molecule has 0 saturated heterocycles. The third-order valence-corrected chi connectivity index (χ3v) is 3.81. The minimum atomic E-state index is -0.436. The summed E-state index contributed by atoms with van der Waals surface area (Å²) in [6.07, 6.45) is 1.70. The fourth-order valence-corrected chi connectivity index (χ4v) is 2.58. The van der Waals surface area contributed by atoms with E-state index in [2.05, 4.69) is 9.73 Å². The highest BCUT2D eigenvalue weighted by molar-refractivity contribution is 6.24. The maximum absolute atomic E-state index is 12.3. The van der Waals surface area contributed by atoms with Crippen LogP contribution < -0.4 is 4.74 Å². The Bertz CT molecular complexity index is 690. The number of carbonyl (C=O) groups excluding carboxylic acids is 2. The first kappa shape index (κ1) is 17.7. The molecule has 1 aliphatic rings. The molecule has 0 spiro atoms. The number of aliphatic hydroxyl groups excluding tert-OH is 1. The van der Waals surface area contributed by atoms with Crippen LogP contribution in [-0.2, 0) is 14.3 Å². The highest BCUT2D eigenvalue weighted by Crippen LogP contribution is 2.30. The van der Waals surface area contributed by atoms with Crippen molar-refractivity contribution in [2.45, 2.75) is 32.1 Å². The molecule has 1 aromatic rings. The molecule has 1 N–H and O–H groups in total. The molecular weight excluding hydrogens is 310 g/mol. The number of hydrogen-bond donors (Lipinski definition) is 1. The number of Topliss-reactive ketones (excluding diaryl/α,β-unsaturated/α-hetero) is 1. The zero-order valence-electron chi connectivity index (χ0n) is 13.9. The Labute approximate surface area is 140 Å². The molecule has 24 heavy (non-hydrogen) atoms. The normalized spacial score (nSPS) is 18.4. The number of carbonyl (C=O) groups is 2. The highest BCUT2D eigenvalue weighted by atomic mass is 16.5. The van der Waals surface area contributed by atoms with Gasteiger partial charge < -0.3 is 14.6 Å². The van der Waals surface area contributed by atoms with Gasteiger partial charge in [0.2, 0.25) is 0 Å². The Balaban J connectivity index is 2.36. The van der Waals surface area contributed by atoms with Gasteiger partial charge in [-0.1, -0.05) is 12.1 Å². The molecule has 0 amide bonds. The number of methoxy groups -OCH3 is 2. The van der Waals surface area contributed by atoms with Crippen LogP contribution in [0.15, 0.2) is 40.6 Å². The number of aliphatic hydroxyl groups is 1. The number of ketones is 1. The van der Waals surface area contributed by atoms with Crippen LogP contribution in [0.2, 0.25) is 0 Å². The molecule has 1 aliphatic carbocycles. The van der Waals surface area contributed by atoms with Crippen molar-refractivity contribution in [1.29, 1.82) is 0 Å². The quantitative estimate of drug-likeness (QED) is 0.508. The number of rotatable bonds is 5. The van der Waals surface area contributed by atoms with E-state index in [1.165, 1.54) is 7.11 Å². The maximum atomic E-state index is 12.3. The van der Waals surface area contributed by atoms with Crippen LogP contribution in [0.5, 0.6) is 5.75 Å². The van der Waals surface area contributed by atoms with Crippen molar-refractivity contribution in [2.75, 3.05) is 14.2 Å². The van der Waals surface area contributed by atoms with Gasteiger partial charge in [0, 0.05) is 12.8 Å². The summed E-state index contributed by atoms with van der Waals surface area (Å²) in [5.74, 6) is -0.110. The zero-order chi connectivity index (χ0) is 17.5. The van der Waals surface area contributed by atoms with Gasteiger partial charge in [-0.2, -0.15) is 0 Å². The molecule has 6 nitrogen and oxygen atoms in total. The first-order chi connectivity index (χ1) is 11.6. The van der Waals surface area contributed by atoms with Crippen molar-refractivity contribution in [2.24, 2.45) is 4.99 Å². The number of para-hydroxylation sites is 2. The number of benzene rings is 1. The minimum Gasteiger partial charge on any atom is -0.511 e. The van der Waals surface area contributed by atoms with E-state index in [4.69, 9.17) is 4.74 Å². The van der Waals surface area contributed by atoms with E-state index in [1.807, 2.05) is 12.1 Å². The lowest BCUT2D eigenvalue weighted by Crippen LogP contribution is -2.21. The van der Waals surface area contributed by atoms with Gasteiger partial charge in [-0.25, -0.2) is 4.99 Å². The van der Waals surface area contributed by atoms with Gasteiger partial charge in [0.25, 0.3) is 0 Å². The fraction of sp³-hybridized carbons (Fsp3) is 0.389. The van der Waals surface area contributed by atoms with Crippen LogP contribution in [0.25, 0.3) is 0 Å². The summed E-state index contributed by atoms with van der Waals surface area (Å²) in [6, 6.07) is 7.23. The SMILES string of the molecule is COC(=O)CCC(O)=C1C(=O)CCCC1=Nc1ccccc1OC. The average Bonchev–Trinajstić information content (AvgIpc) is 2.60. The first-order valence-electron chi connectivity index (χ1n) is 7.80. The largest absolute Gasteiger partial charge is 0.511 e. The van der Waals surface area contributed by atoms with Crippen LogP contribution in [-0.4, -0.2) is 36.8 Å². The van der Waals surface area contributed by atoms with Crippen molar-refractivity contribution in [3.63, 3.8) is 0 Å². The average molecular weight is 331 g/mol. The second-order valence-corrected chi connectivity index (χ2v) is 5.40. The Hall–Kier alpha value is -2.63. The van der Waals surface area contributed by atoms with E-state index >= 15 is 0 Å². The van der Waals surface area contributed by atoms with Crippen molar-refractivity contribution in [3.8, 4) is 5.75 Å². The standard InChI is InChI=1S/C18H21NO5/c1-23-16-9-4-3-6-12(16)19-13-7-5-8-14(20)18(13)15(21)10-11-17(22)24-2/h3-4,6,9,21H,5,7-8,10-11H2,1-2H3. The third-order valence-electron chi connectivity index (χ3n) is 3.81. The number of allylic oxidation sites excluding steroid dienone is 2. The van der Waals surface area contributed by atoms with Crippen molar-refractivity contribution in [1.82, 2.24) is 0 Å². The molecule has 1 aromatic carbocycles. The van der Waals surface area contributed by atoms with Gasteiger partial charge in [0.15, 0.2) is 5.78 Å². The lowest BCUT2D eigenvalue weighted by atomic mass is 9.89. The summed E-state index contributed by atoms with van der Waals surface area (Å²) in [5, 5.41) is 10.3. The van der Waals surface area contributed by atoms with E-state index in [1.54, 1.807) is 19.2 Å². The summed E-state index contributed by atoms with van der Waals surface area (Å²) in [5.41, 5.74) is 1.34. The molecule has 0 aliphatic heterocycles. The van der Waals surface area contributed by atoms with Crippen LogP contribution in [0.1, 0.15) is 32.1 Å². The topological polar surface area (TPSA) is 85.2 Å². The summed E-state index contributed by atoms with van der Waals surface area (Å²) in [7, 11) is 2.84. The van der Waals surface area contributed by atoms with Crippen molar-refractivity contribution in [3.05, 3.63) is 35.6 Å². The predicted molar refractivity (Wildman–Crippen MR) is 89.9 cm³/mol. The molecule has 0 heterocycles. The molecule has 0 bridgehead atoms. The molecule has 0 radical (unpaired) electrons. The Morgan fingerprint density at radius 2 is 1.96 bits per heavy atom. The molecule has 1 saturated carbocycles. The van der Waals surface area contributed by atoms with Gasteiger partial charge in [-0.05, 0) is 25.0 Å². The third kappa shape index (κ3) is 4.22. The number of hydrogen-bond acceptors (Lipinski definition) is 6. The van der Waals surface area contributed by atoms with Gasteiger partial charge in [-0.3, -0.25) is 9.59 Å². The van der Waals surface area contributed by atoms with Gasteiger partial charge in [0.05, 0.1) is 31.9 Å². The van der Waals surface area contributed by atoms with Gasteiger partial charge >= 0.3 is 5.97 Å². The minimum absolute atomic E-state index is 0.0149. The smallest absolute Gasteiger partial charge is 0.305 e. The first-order valence-corrected chi connectivity index (χ1v) is 7.80. The summed E-state index contributed by atoms with van der Waals surface area (Å²) < 4.78 is 9.83. The molecule has 2 rings (SSSR count). The van der Waals surface area contributed by atoms with Crippen molar-refractivity contribution < 1.29 is 24.2 Å². The van der Waals surface area contributed by atoms with E-state index in [0.29, 0.717) is 36.4 Å². The molecule has 128 valence electrons. The number of ether oxygens (including phenoxy) is 2. The van der Waals surface area contributed by atoms with E-state index in [9.17, 15) is 14.7 Å². The number of esters is 1. The van der Waals surface area contributed by atoms with Crippen molar-refractivity contribution >= 4 is 23.2 Å². The Kier molecular flexibility index (Phi) is 6.12. The van der Waals surface area contributed by atoms with E-state index < -0.39 is 5.97 Å². The molecule has 6 heteroatoms. The molecule has 1 fully saturated rings. The summed E-state index contributed by atoms with van der Waals surface area (Å²) in [6.45, 7) is 0. The second-order valence-electron chi connectivity index (χ2n) is 5.40. The zero-order valence-corrected chi connectivity index (χ0v) is 13.9. The van der Waals surface area contributed by atoms with Gasteiger partial charge in [0.1, 0.15) is 17.2 Å². The Morgan fingerprint density at radius 1 is 1.21 bits per heavy atom. The lowest BCUT2D eigenvalue weighted by Gasteiger charge is -2.18. The summed E-state index contributed by atoms with van der Waals surface area (Å²) >= 11 is 0. The van der Waals surface area contributed by atoms with Crippen LogP contribution in [0, 0.1) is 0 Å².